The Morgan fingerprint density at radius 3 is 3.05 bits per heavy atom. The zero-order valence-electron chi connectivity index (χ0n) is 12.5. The molecule has 0 saturated carbocycles. The summed E-state index contributed by atoms with van der Waals surface area (Å²) in [6.07, 6.45) is 2.68. The highest BCUT2D eigenvalue weighted by atomic mass is 32.1. The number of nitrogens with one attached hydrogen (secondary N) is 1. The average molecular weight is 309 g/mol. The van der Waals surface area contributed by atoms with Crippen molar-refractivity contribution in [3.05, 3.63) is 22.4 Å². The van der Waals surface area contributed by atoms with E-state index >= 15 is 0 Å². The van der Waals surface area contributed by atoms with Gasteiger partial charge in [-0.25, -0.2) is 0 Å². The standard InChI is InChI=1S/C15H23N3O2S/c1-16-15(17-10-12-4-3-9-21-12)18-6-8-20-14(11-18)13-5-2-7-19-13/h3-4,9,13-14H,2,5-8,10-11H2,1H3,(H,16,17). The van der Waals surface area contributed by atoms with Crippen LogP contribution in [0.4, 0.5) is 0 Å². The Morgan fingerprint density at radius 1 is 1.43 bits per heavy atom. The maximum absolute atomic E-state index is 5.89. The van der Waals surface area contributed by atoms with Crippen molar-refractivity contribution in [1.82, 2.24) is 10.2 Å². The number of aliphatic imine (C=N–C) groups is 1. The van der Waals surface area contributed by atoms with Crippen molar-refractivity contribution < 1.29 is 9.47 Å². The summed E-state index contributed by atoms with van der Waals surface area (Å²) in [6.45, 7) is 4.18. The van der Waals surface area contributed by atoms with Crippen molar-refractivity contribution in [2.75, 3.05) is 33.4 Å². The van der Waals surface area contributed by atoms with Gasteiger partial charge in [0.05, 0.1) is 19.3 Å². The van der Waals surface area contributed by atoms with Gasteiger partial charge in [0.25, 0.3) is 0 Å². The SMILES string of the molecule is CN=C(NCc1cccs1)N1CCOC(C2CCCO2)C1. The summed E-state index contributed by atoms with van der Waals surface area (Å²) in [5, 5.41) is 5.54. The molecule has 2 aliphatic heterocycles. The van der Waals surface area contributed by atoms with E-state index in [0.29, 0.717) is 0 Å². The molecule has 2 atom stereocenters. The van der Waals surface area contributed by atoms with Gasteiger partial charge in [-0.05, 0) is 24.3 Å². The van der Waals surface area contributed by atoms with E-state index in [-0.39, 0.29) is 12.2 Å². The Kier molecular flexibility index (Phi) is 5.11. The van der Waals surface area contributed by atoms with Gasteiger partial charge in [0.2, 0.25) is 0 Å². The van der Waals surface area contributed by atoms with Crippen LogP contribution in [0.2, 0.25) is 0 Å². The maximum atomic E-state index is 5.89. The molecular weight excluding hydrogens is 286 g/mol. The number of rotatable bonds is 3. The van der Waals surface area contributed by atoms with E-state index in [0.717, 1.165) is 51.6 Å². The molecule has 0 aliphatic carbocycles. The fourth-order valence-corrected chi connectivity index (χ4v) is 3.54. The first-order valence-electron chi connectivity index (χ1n) is 7.58. The lowest BCUT2D eigenvalue weighted by Gasteiger charge is -2.37. The predicted molar refractivity (Wildman–Crippen MR) is 84.8 cm³/mol. The largest absolute Gasteiger partial charge is 0.375 e. The minimum absolute atomic E-state index is 0.168. The summed E-state index contributed by atoms with van der Waals surface area (Å²) in [7, 11) is 1.84. The second-order valence-corrected chi connectivity index (χ2v) is 6.42. The number of ether oxygens (including phenoxy) is 2. The van der Waals surface area contributed by atoms with Gasteiger partial charge in [0.1, 0.15) is 6.10 Å². The van der Waals surface area contributed by atoms with Gasteiger partial charge < -0.3 is 19.7 Å². The molecule has 1 aromatic rings. The van der Waals surface area contributed by atoms with Gasteiger partial charge >= 0.3 is 0 Å². The lowest BCUT2D eigenvalue weighted by molar-refractivity contribution is -0.0817. The summed E-state index contributed by atoms with van der Waals surface area (Å²) in [5.74, 6) is 0.953. The van der Waals surface area contributed by atoms with Crippen molar-refractivity contribution in [3.63, 3.8) is 0 Å². The summed E-state index contributed by atoms with van der Waals surface area (Å²) in [4.78, 5) is 8.01. The van der Waals surface area contributed by atoms with Crippen LogP contribution in [0.25, 0.3) is 0 Å². The molecule has 2 aliphatic rings. The second kappa shape index (κ2) is 7.24. The number of hydrogen-bond acceptors (Lipinski definition) is 4. The Bertz CT molecular complexity index is 457. The molecule has 21 heavy (non-hydrogen) atoms. The van der Waals surface area contributed by atoms with Gasteiger partial charge in [0.15, 0.2) is 5.96 Å². The minimum Gasteiger partial charge on any atom is -0.375 e. The molecule has 0 spiro atoms. The third-order valence-electron chi connectivity index (χ3n) is 3.99. The van der Waals surface area contributed by atoms with Crippen LogP contribution in [0.3, 0.4) is 0 Å². The van der Waals surface area contributed by atoms with Crippen molar-refractivity contribution in [2.45, 2.75) is 31.6 Å². The number of morpholine rings is 1. The first-order valence-corrected chi connectivity index (χ1v) is 8.46. The van der Waals surface area contributed by atoms with Gasteiger partial charge in [-0.3, -0.25) is 4.99 Å². The molecule has 6 heteroatoms. The van der Waals surface area contributed by atoms with E-state index in [9.17, 15) is 0 Å². The molecule has 0 bridgehead atoms. The number of nitrogens with zero attached hydrogens (tertiary/aromatic N) is 2. The topological polar surface area (TPSA) is 46.1 Å². The highest BCUT2D eigenvalue weighted by Gasteiger charge is 2.32. The molecule has 1 aromatic heterocycles. The Hall–Kier alpha value is -1.11. The third kappa shape index (κ3) is 3.75. The van der Waals surface area contributed by atoms with Gasteiger partial charge in [-0.1, -0.05) is 6.07 Å². The van der Waals surface area contributed by atoms with Crippen LogP contribution in [0.5, 0.6) is 0 Å². The van der Waals surface area contributed by atoms with E-state index in [2.05, 4.69) is 32.7 Å². The molecule has 0 amide bonds. The molecule has 2 saturated heterocycles. The fourth-order valence-electron chi connectivity index (χ4n) is 2.90. The summed E-state index contributed by atoms with van der Waals surface area (Å²) >= 11 is 1.76. The third-order valence-corrected chi connectivity index (χ3v) is 4.86. The first-order chi connectivity index (χ1) is 10.4. The molecule has 2 fully saturated rings. The zero-order chi connectivity index (χ0) is 14.5. The van der Waals surface area contributed by atoms with Crippen LogP contribution in [0.1, 0.15) is 17.7 Å². The Labute approximate surface area is 130 Å². The first kappa shape index (κ1) is 14.8. The molecule has 3 heterocycles. The molecule has 2 unspecified atom stereocenters. The summed E-state index contributed by atoms with van der Waals surface area (Å²) in [5.41, 5.74) is 0. The van der Waals surface area contributed by atoms with Crippen LogP contribution in [0, 0.1) is 0 Å². The zero-order valence-corrected chi connectivity index (χ0v) is 13.3. The molecule has 0 radical (unpaired) electrons. The number of thiophene rings is 1. The lowest BCUT2D eigenvalue weighted by atomic mass is 10.1. The Balaban J connectivity index is 1.55. The van der Waals surface area contributed by atoms with E-state index in [1.807, 2.05) is 7.05 Å². The van der Waals surface area contributed by atoms with E-state index in [4.69, 9.17) is 9.47 Å². The van der Waals surface area contributed by atoms with E-state index in [1.165, 1.54) is 4.88 Å². The van der Waals surface area contributed by atoms with E-state index < -0.39 is 0 Å². The van der Waals surface area contributed by atoms with Crippen molar-refractivity contribution in [2.24, 2.45) is 4.99 Å². The highest BCUT2D eigenvalue weighted by Crippen LogP contribution is 2.21. The summed E-state index contributed by atoms with van der Waals surface area (Å²) < 4.78 is 11.7. The molecule has 3 rings (SSSR count). The molecule has 1 N–H and O–H groups in total. The van der Waals surface area contributed by atoms with Crippen molar-refractivity contribution in [1.29, 1.82) is 0 Å². The second-order valence-electron chi connectivity index (χ2n) is 5.39. The molecule has 5 nitrogen and oxygen atoms in total. The maximum Gasteiger partial charge on any atom is 0.194 e. The fraction of sp³-hybridized carbons (Fsp3) is 0.667. The molecule has 116 valence electrons. The predicted octanol–water partition coefficient (Wildman–Crippen LogP) is 1.70. The molecule has 0 aromatic carbocycles. The highest BCUT2D eigenvalue weighted by molar-refractivity contribution is 7.09. The van der Waals surface area contributed by atoms with Crippen LogP contribution in [-0.4, -0.2) is 56.4 Å². The van der Waals surface area contributed by atoms with Gasteiger partial charge in [-0.2, -0.15) is 0 Å². The summed E-state index contributed by atoms with van der Waals surface area (Å²) in [6, 6.07) is 4.21. The van der Waals surface area contributed by atoms with E-state index in [1.54, 1.807) is 11.3 Å². The number of hydrogen-bond donors (Lipinski definition) is 1. The normalized spacial score (nSPS) is 27.1. The van der Waals surface area contributed by atoms with Crippen molar-refractivity contribution >= 4 is 17.3 Å². The lowest BCUT2D eigenvalue weighted by Crippen LogP contribution is -2.53. The monoisotopic (exact) mass is 309 g/mol. The molecular formula is C15H23N3O2S. The van der Waals surface area contributed by atoms with Crippen LogP contribution < -0.4 is 5.32 Å². The number of guanidine groups is 1. The quantitative estimate of drug-likeness (QED) is 0.682. The van der Waals surface area contributed by atoms with Gasteiger partial charge in [-0.15, -0.1) is 11.3 Å². The van der Waals surface area contributed by atoms with Crippen LogP contribution in [0.15, 0.2) is 22.5 Å². The van der Waals surface area contributed by atoms with Crippen LogP contribution in [-0.2, 0) is 16.0 Å². The van der Waals surface area contributed by atoms with Gasteiger partial charge in [0, 0.05) is 31.6 Å². The van der Waals surface area contributed by atoms with Crippen molar-refractivity contribution in [3.8, 4) is 0 Å². The Morgan fingerprint density at radius 2 is 2.33 bits per heavy atom. The van der Waals surface area contributed by atoms with Crippen LogP contribution >= 0.6 is 11.3 Å². The smallest absolute Gasteiger partial charge is 0.194 e. The average Bonchev–Trinajstić information content (AvgIpc) is 3.22. The minimum atomic E-state index is 0.168.